The Morgan fingerprint density at radius 3 is 2.29 bits per heavy atom. The van der Waals surface area contributed by atoms with Gasteiger partial charge in [0.1, 0.15) is 0 Å². The number of nitrogen functional groups attached to an aromatic ring is 1. The molecule has 1 rings (SSSR count). The van der Waals surface area contributed by atoms with Crippen LogP contribution < -0.4 is 5.73 Å². The van der Waals surface area contributed by atoms with E-state index < -0.39 is 9.84 Å². The van der Waals surface area contributed by atoms with E-state index in [4.69, 9.17) is 5.73 Å². The average molecular weight is 255 g/mol. The van der Waals surface area contributed by atoms with Gasteiger partial charge in [0.05, 0.1) is 16.3 Å². The molecule has 0 bridgehead atoms. The summed E-state index contributed by atoms with van der Waals surface area (Å²) in [6, 6.07) is 6.65. The predicted molar refractivity (Wildman–Crippen MR) is 71.5 cm³/mol. The number of anilines is 1. The Hall–Kier alpha value is -1.03. The molecule has 0 saturated carbocycles. The zero-order valence-electron chi connectivity index (χ0n) is 10.7. The summed E-state index contributed by atoms with van der Waals surface area (Å²) in [6.07, 6.45) is 0.909. The second kappa shape index (κ2) is 5.54. The largest absolute Gasteiger partial charge is 0.398 e. The molecule has 17 heavy (non-hydrogen) atoms. The quantitative estimate of drug-likeness (QED) is 0.823. The van der Waals surface area contributed by atoms with Crippen molar-refractivity contribution in [1.29, 1.82) is 0 Å². The van der Waals surface area contributed by atoms with Crippen LogP contribution in [-0.4, -0.2) is 14.2 Å². The van der Waals surface area contributed by atoms with Gasteiger partial charge in [-0.2, -0.15) is 0 Å². The van der Waals surface area contributed by atoms with Crippen LogP contribution in [0.4, 0.5) is 5.69 Å². The number of hydrogen-bond donors (Lipinski definition) is 1. The van der Waals surface area contributed by atoms with Crippen molar-refractivity contribution in [2.24, 2.45) is 11.8 Å². The van der Waals surface area contributed by atoms with Crippen LogP contribution >= 0.6 is 0 Å². The fourth-order valence-electron chi connectivity index (χ4n) is 2.10. The minimum atomic E-state index is -3.26. The Labute approximate surface area is 104 Å². The van der Waals surface area contributed by atoms with Gasteiger partial charge in [-0.25, -0.2) is 8.42 Å². The van der Waals surface area contributed by atoms with Gasteiger partial charge in [-0.05, 0) is 30.4 Å². The summed E-state index contributed by atoms with van der Waals surface area (Å²) in [5.41, 5.74) is 6.04. The molecule has 0 radical (unpaired) electrons. The predicted octanol–water partition coefficient (Wildman–Crippen LogP) is 2.72. The molecule has 96 valence electrons. The van der Waals surface area contributed by atoms with Crippen LogP contribution in [0.1, 0.15) is 27.2 Å². The van der Waals surface area contributed by atoms with E-state index in [0.717, 1.165) is 6.42 Å². The van der Waals surface area contributed by atoms with Crippen LogP contribution in [0.2, 0.25) is 0 Å². The third-order valence-corrected chi connectivity index (χ3v) is 4.68. The number of benzene rings is 1. The molecular formula is C13H21NO2S. The molecule has 0 heterocycles. The van der Waals surface area contributed by atoms with Gasteiger partial charge in [0.2, 0.25) is 0 Å². The maximum atomic E-state index is 12.2. The van der Waals surface area contributed by atoms with Crippen molar-refractivity contribution in [3.05, 3.63) is 24.3 Å². The minimum Gasteiger partial charge on any atom is -0.398 e. The number of nitrogens with two attached hydrogens (primary N) is 1. The van der Waals surface area contributed by atoms with Gasteiger partial charge in [-0.1, -0.05) is 32.9 Å². The molecule has 1 aromatic rings. The van der Waals surface area contributed by atoms with Gasteiger partial charge in [0, 0.05) is 0 Å². The summed E-state index contributed by atoms with van der Waals surface area (Å²) in [4.78, 5) is 0.260. The van der Waals surface area contributed by atoms with E-state index in [0.29, 0.717) is 11.6 Å². The zero-order chi connectivity index (χ0) is 13.1. The number of para-hydroxylation sites is 1. The number of sulfone groups is 1. The highest BCUT2D eigenvalue weighted by atomic mass is 32.2. The molecule has 2 N–H and O–H groups in total. The molecule has 4 heteroatoms. The third kappa shape index (κ3) is 4.04. The van der Waals surface area contributed by atoms with Crippen LogP contribution in [-0.2, 0) is 9.84 Å². The van der Waals surface area contributed by atoms with Gasteiger partial charge in [-0.15, -0.1) is 0 Å². The molecule has 0 amide bonds. The van der Waals surface area contributed by atoms with Gasteiger partial charge >= 0.3 is 0 Å². The van der Waals surface area contributed by atoms with Crippen molar-refractivity contribution in [3.8, 4) is 0 Å². The van der Waals surface area contributed by atoms with Crippen molar-refractivity contribution < 1.29 is 8.42 Å². The van der Waals surface area contributed by atoms with Crippen molar-refractivity contribution in [2.75, 3.05) is 11.5 Å². The number of hydrogen-bond acceptors (Lipinski definition) is 3. The summed E-state index contributed by atoms with van der Waals surface area (Å²) in [7, 11) is -3.26. The molecule has 0 aliphatic rings. The first-order valence-corrected chi connectivity index (χ1v) is 7.55. The van der Waals surface area contributed by atoms with Gasteiger partial charge < -0.3 is 5.73 Å². The highest BCUT2D eigenvalue weighted by molar-refractivity contribution is 7.91. The monoisotopic (exact) mass is 255 g/mol. The fraction of sp³-hybridized carbons (Fsp3) is 0.538. The van der Waals surface area contributed by atoms with E-state index in [9.17, 15) is 8.42 Å². The average Bonchev–Trinajstić information content (AvgIpc) is 2.15. The Morgan fingerprint density at radius 2 is 1.76 bits per heavy atom. The van der Waals surface area contributed by atoms with E-state index in [2.05, 4.69) is 13.8 Å². The molecule has 1 atom stereocenters. The smallest absolute Gasteiger partial charge is 0.180 e. The van der Waals surface area contributed by atoms with E-state index in [1.54, 1.807) is 24.3 Å². The maximum Gasteiger partial charge on any atom is 0.180 e. The molecule has 0 spiro atoms. The van der Waals surface area contributed by atoms with Crippen molar-refractivity contribution in [1.82, 2.24) is 0 Å². The summed E-state index contributed by atoms with van der Waals surface area (Å²) < 4.78 is 24.3. The summed E-state index contributed by atoms with van der Waals surface area (Å²) in [5, 5.41) is 0. The molecule has 1 unspecified atom stereocenters. The van der Waals surface area contributed by atoms with Crippen LogP contribution in [0.15, 0.2) is 29.2 Å². The highest BCUT2D eigenvalue weighted by Crippen LogP contribution is 2.22. The Balaban J connectivity index is 2.86. The second-order valence-corrected chi connectivity index (χ2v) is 7.06. The second-order valence-electron chi connectivity index (χ2n) is 5.05. The SMILES string of the molecule is CC(C)CC(C)CS(=O)(=O)c1ccccc1N. The van der Waals surface area contributed by atoms with E-state index >= 15 is 0 Å². The Morgan fingerprint density at radius 1 is 1.18 bits per heavy atom. The molecule has 0 saturated heterocycles. The lowest BCUT2D eigenvalue weighted by atomic mass is 10.0. The van der Waals surface area contributed by atoms with Crippen LogP contribution in [0.3, 0.4) is 0 Å². The number of rotatable bonds is 5. The molecule has 0 aromatic heterocycles. The minimum absolute atomic E-state index is 0.152. The molecule has 0 fully saturated rings. The maximum absolute atomic E-state index is 12.2. The van der Waals surface area contributed by atoms with Crippen LogP contribution in [0.5, 0.6) is 0 Å². The molecular weight excluding hydrogens is 234 g/mol. The van der Waals surface area contributed by atoms with Crippen LogP contribution in [0, 0.1) is 11.8 Å². The summed E-state index contributed by atoms with van der Waals surface area (Å²) in [6.45, 7) is 6.16. The normalized spacial score (nSPS) is 13.9. The van der Waals surface area contributed by atoms with Gasteiger partial charge in [-0.3, -0.25) is 0 Å². The third-order valence-electron chi connectivity index (χ3n) is 2.63. The molecule has 0 aliphatic heterocycles. The van der Waals surface area contributed by atoms with E-state index in [1.807, 2.05) is 6.92 Å². The van der Waals surface area contributed by atoms with Gasteiger partial charge in [0.25, 0.3) is 0 Å². The molecule has 3 nitrogen and oxygen atoms in total. The zero-order valence-corrected chi connectivity index (χ0v) is 11.5. The lowest BCUT2D eigenvalue weighted by Crippen LogP contribution is -2.16. The lowest BCUT2D eigenvalue weighted by molar-refractivity contribution is 0.465. The first-order chi connectivity index (χ1) is 7.83. The first-order valence-electron chi connectivity index (χ1n) is 5.90. The first kappa shape index (κ1) is 14.0. The van der Waals surface area contributed by atoms with Crippen molar-refractivity contribution >= 4 is 15.5 Å². The highest BCUT2D eigenvalue weighted by Gasteiger charge is 2.20. The van der Waals surface area contributed by atoms with E-state index in [1.165, 1.54) is 0 Å². The van der Waals surface area contributed by atoms with Crippen molar-refractivity contribution in [2.45, 2.75) is 32.1 Å². The molecule has 1 aromatic carbocycles. The summed E-state index contributed by atoms with van der Waals surface area (Å²) in [5.74, 6) is 0.826. The van der Waals surface area contributed by atoms with Crippen molar-refractivity contribution in [3.63, 3.8) is 0 Å². The summed E-state index contributed by atoms with van der Waals surface area (Å²) >= 11 is 0. The Bertz CT molecular complexity index is 466. The molecule has 0 aliphatic carbocycles. The Kier molecular flexibility index (Phi) is 4.57. The van der Waals surface area contributed by atoms with Crippen LogP contribution in [0.25, 0.3) is 0 Å². The van der Waals surface area contributed by atoms with E-state index in [-0.39, 0.29) is 16.6 Å². The standard InChI is InChI=1S/C13H21NO2S/c1-10(2)8-11(3)9-17(15,16)13-7-5-4-6-12(13)14/h4-7,10-11H,8-9,14H2,1-3H3. The van der Waals surface area contributed by atoms with Gasteiger partial charge in [0.15, 0.2) is 9.84 Å². The topological polar surface area (TPSA) is 60.2 Å². The fourth-order valence-corrected chi connectivity index (χ4v) is 3.88. The lowest BCUT2D eigenvalue weighted by Gasteiger charge is -2.15.